The van der Waals surface area contributed by atoms with E-state index in [-0.39, 0.29) is 17.8 Å². The summed E-state index contributed by atoms with van der Waals surface area (Å²) in [6.45, 7) is 1.81. The lowest BCUT2D eigenvalue weighted by molar-refractivity contribution is -0.162. The summed E-state index contributed by atoms with van der Waals surface area (Å²) in [5, 5.41) is 9.61. The Labute approximate surface area is 169 Å². The molecule has 3 aromatic carbocycles. The molecule has 4 atom stereocenters. The fourth-order valence-electron chi connectivity index (χ4n) is 4.32. The minimum atomic E-state index is -0.873. The monoisotopic (exact) mass is 386 g/mol. The van der Waals surface area contributed by atoms with Crippen molar-refractivity contribution in [1.82, 2.24) is 0 Å². The molecule has 3 aromatic rings. The highest BCUT2D eigenvalue weighted by atomic mass is 16.5. The molecule has 1 saturated carbocycles. The third kappa shape index (κ3) is 3.66. The molecule has 0 aromatic heterocycles. The molecule has 1 N–H and O–H groups in total. The van der Waals surface area contributed by atoms with Crippen molar-refractivity contribution in [1.29, 1.82) is 0 Å². The molecule has 0 amide bonds. The van der Waals surface area contributed by atoms with E-state index < -0.39 is 17.8 Å². The quantitative estimate of drug-likeness (QED) is 0.495. The Morgan fingerprint density at radius 1 is 0.759 bits per heavy atom. The van der Waals surface area contributed by atoms with Gasteiger partial charge in [0.1, 0.15) is 5.75 Å². The number of ether oxygens (including phenoxy) is 1. The fraction of sp³-hybridized carbons (Fsp3) is 0.200. The molecule has 0 bridgehead atoms. The first-order chi connectivity index (χ1) is 14.1. The molecule has 29 heavy (non-hydrogen) atoms. The number of carbonyl (C=O) groups excluding carboxylic acids is 1. The van der Waals surface area contributed by atoms with Gasteiger partial charge < -0.3 is 9.84 Å². The average Bonchev–Trinajstić information content (AvgIpc) is 2.73. The number of esters is 1. The number of benzene rings is 3. The van der Waals surface area contributed by atoms with E-state index >= 15 is 0 Å². The van der Waals surface area contributed by atoms with Gasteiger partial charge in [0.2, 0.25) is 0 Å². The second-order valence-electron chi connectivity index (χ2n) is 7.50. The highest BCUT2D eigenvalue weighted by Gasteiger charge is 2.56. The summed E-state index contributed by atoms with van der Waals surface area (Å²) in [4.78, 5) is 24.6. The van der Waals surface area contributed by atoms with Crippen LogP contribution >= 0.6 is 0 Å². The second-order valence-corrected chi connectivity index (χ2v) is 7.50. The van der Waals surface area contributed by atoms with Gasteiger partial charge in [-0.25, -0.2) is 0 Å². The van der Waals surface area contributed by atoms with Crippen LogP contribution in [-0.2, 0) is 9.59 Å². The fourth-order valence-corrected chi connectivity index (χ4v) is 4.32. The van der Waals surface area contributed by atoms with Crippen LogP contribution in [0.5, 0.6) is 5.75 Å². The predicted molar refractivity (Wildman–Crippen MR) is 110 cm³/mol. The van der Waals surface area contributed by atoms with Crippen molar-refractivity contribution in [3.63, 3.8) is 0 Å². The predicted octanol–water partition coefficient (Wildman–Crippen LogP) is 5.01. The Morgan fingerprint density at radius 2 is 1.31 bits per heavy atom. The summed E-state index contributed by atoms with van der Waals surface area (Å²) in [6, 6.07) is 26.7. The molecule has 0 radical (unpaired) electrons. The minimum Gasteiger partial charge on any atom is -0.481 e. The van der Waals surface area contributed by atoms with Gasteiger partial charge in [-0.05, 0) is 34.7 Å². The lowest BCUT2D eigenvalue weighted by atomic mass is 9.55. The normalized spacial score (nSPS) is 23.1. The summed E-state index contributed by atoms with van der Waals surface area (Å²) >= 11 is 0. The molecule has 4 rings (SSSR count). The van der Waals surface area contributed by atoms with Gasteiger partial charge in [0.25, 0.3) is 0 Å². The molecule has 1 aliphatic rings. The third-order valence-corrected chi connectivity index (χ3v) is 5.83. The number of carbonyl (C=O) groups is 2. The highest BCUT2D eigenvalue weighted by molar-refractivity contribution is 5.84. The maximum Gasteiger partial charge on any atom is 0.315 e. The van der Waals surface area contributed by atoms with Crippen molar-refractivity contribution >= 4 is 11.9 Å². The van der Waals surface area contributed by atoms with E-state index in [1.54, 1.807) is 12.1 Å². The zero-order valence-electron chi connectivity index (χ0n) is 16.1. The maximum absolute atomic E-state index is 12.9. The van der Waals surface area contributed by atoms with Crippen LogP contribution in [0.4, 0.5) is 0 Å². The lowest BCUT2D eigenvalue weighted by Crippen LogP contribution is -2.52. The van der Waals surface area contributed by atoms with Crippen LogP contribution in [0.3, 0.4) is 0 Å². The van der Waals surface area contributed by atoms with Gasteiger partial charge >= 0.3 is 11.9 Å². The van der Waals surface area contributed by atoms with Crippen molar-refractivity contribution in [2.75, 3.05) is 0 Å². The number of aliphatic carboxylic acids is 1. The van der Waals surface area contributed by atoms with E-state index in [4.69, 9.17) is 4.74 Å². The first-order valence-electron chi connectivity index (χ1n) is 9.71. The topological polar surface area (TPSA) is 63.6 Å². The van der Waals surface area contributed by atoms with E-state index in [0.29, 0.717) is 5.75 Å². The zero-order chi connectivity index (χ0) is 20.4. The van der Waals surface area contributed by atoms with Gasteiger partial charge in [0.05, 0.1) is 11.8 Å². The lowest BCUT2D eigenvalue weighted by Gasteiger charge is -2.47. The van der Waals surface area contributed by atoms with E-state index in [1.807, 2.05) is 79.7 Å². The summed E-state index contributed by atoms with van der Waals surface area (Å²) in [5.74, 6) is -2.51. The van der Waals surface area contributed by atoms with Crippen LogP contribution in [0.15, 0.2) is 84.9 Å². The van der Waals surface area contributed by atoms with Crippen LogP contribution in [0, 0.1) is 17.8 Å². The molecule has 0 spiro atoms. The van der Waals surface area contributed by atoms with Crippen molar-refractivity contribution < 1.29 is 19.4 Å². The van der Waals surface area contributed by atoms with Crippen LogP contribution < -0.4 is 4.74 Å². The molecule has 0 aliphatic heterocycles. The Balaban J connectivity index is 1.52. The van der Waals surface area contributed by atoms with E-state index in [2.05, 4.69) is 0 Å². The van der Waals surface area contributed by atoms with Crippen molar-refractivity contribution in [2.45, 2.75) is 12.8 Å². The van der Waals surface area contributed by atoms with Gasteiger partial charge in [-0.15, -0.1) is 0 Å². The second kappa shape index (κ2) is 7.92. The zero-order valence-corrected chi connectivity index (χ0v) is 16.1. The number of rotatable bonds is 5. The Hall–Kier alpha value is -3.40. The largest absolute Gasteiger partial charge is 0.481 e. The van der Waals surface area contributed by atoms with Crippen LogP contribution in [0.2, 0.25) is 0 Å². The molecule has 1 aliphatic carbocycles. The smallest absolute Gasteiger partial charge is 0.315 e. The van der Waals surface area contributed by atoms with E-state index in [9.17, 15) is 14.7 Å². The standard InChI is InChI=1S/C25H22O4/c1-16-21(24(26)27)23(19-10-6-3-7-11-19)22(16)25(28)29-20-14-12-18(13-15-20)17-8-4-2-5-9-17/h2-16,21-23H,1H3,(H,26,27)/t16-,21+,22+,23-/m0/s1. The van der Waals surface area contributed by atoms with Crippen LogP contribution in [0.1, 0.15) is 18.4 Å². The van der Waals surface area contributed by atoms with E-state index in [0.717, 1.165) is 16.7 Å². The molecule has 4 nitrogen and oxygen atoms in total. The molecule has 0 saturated heterocycles. The van der Waals surface area contributed by atoms with Crippen molar-refractivity contribution in [3.05, 3.63) is 90.5 Å². The molecule has 0 heterocycles. The van der Waals surface area contributed by atoms with Gasteiger partial charge in [-0.1, -0.05) is 79.7 Å². The molecule has 0 unspecified atom stereocenters. The van der Waals surface area contributed by atoms with Crippen molar-refractivity contribution in [2.24, 2.45) is 17.8 Å². The molecule has 1 fully saturated rings. The summed E-state index contributed by atoms with van der Waals surface area (Å²) in [5.41, 5.74) is 2.99. The Bertz CT molecular complexity index is 996. The summed E-state index contributed by atoms with van der Waals surface area (Å²) < 4.78 is 5.63. The van der Waals surface area contributed by atoms with Gasteiger partial charge in [-0.2, -0.15) is 0 Å². The number of carboxylic acids is 1. The number of carboxylic acid groups (broad SMARTS) is 1. The first-order valence-corrected chi connectivity index (χ1v) is 9.71. The number of hydrogen-bond acceptors (Lipinski definition) is 3. The average molecular weight is 386 g/mol. The van der Waals surface area contributed by atoms with Gasteiger partial charge in [0, 0.05) is 5.92 Å². The summed E-state index contributed by atoms with van der Waals surface area (Å²) in [7, 11) is 0. The summed E-state index contributed by atoms with van der Waals surface area (Å²) in [6.07, 6.45) is 0. The maximum atomic E-state index is 12.9. The molecule has 4 heteroatoms. The van der Waals surface area contributed by atoms with Crippen LogP contribution in [0.25, 0.3) is 11.1 Å². The molecular weight excluding hydrogens is 364 g/mol. The molecular formula is C25H22O4. The minimum absolute atomic E-state index is 0.284. The third-order valence-electron chi connectivity index (χ3n) is 5.83. The Kier molecular flexibility index (Phi) is 5.17. The Morgan fingerprint density at radius 3 is 1.90 bits per heavy atom. The van der Waals surface area contributed by atoms with Crippen LogP contribution in [-0.4, -0.2) is 17.0 Å². The van der Waals surface area contributed by atoms with Crippen molar-refractivity contribution in [3.8, 4) is 16.9 Å². The number of hydrogen-bond donors (Lipinski definition) is 1. The highest BCUT2D eigenvalue weighted by Crippen LogP contribution is 2.52. The SMILES string of the molecule is C[C@H]1[C@@H](C(=O)O)[C@H](c2ccccc2)[C@@H]1C(=O)Oc1ccc(-c2ccccc2)cc1. The molecule has 146 valence electrons. The van der Waals surface area contributed by atoms with Gasteiger partial charge in [-0.3, -0.25) is 9.59 Å². The van der Waals surface area contributed by atoms with Gasteiger partial charge in [0.15, 0.2) is 0 Å². The van der Waals surface area contributed by atoms with E-state index in [1.165, 1.54) is 0 Å². The first kappa shape index (κ1) is 18.9.